The van der Waals surface area contributed by atoms with Gasteiger partial charge in [-0.05, 0) is 48.2 Å². The summed E-state index contributed by atoms with van der Waals surface area (Å²) in [7, 11) is 0. The van der Waals surface area contributed by atoms with E-state index in [0.717, 1.165) is 16.7 Å². The molecule has 1 N–H and O–H groups in total. The van der Waals surface area contributed by atoms with Crippen LogP contribution in [0, 0.1) is 13.8 Å². The normalized spacial score (nSPS) is 10.9. The van der Waals surface area contributed by atoms with Gasteiger partial charge in [0.2, 0.25) is 0 Å². The molecule has 0 saturated heterocycles. The van der Waals surface area contributed by atoms with Crippen LogP contribution in [0.2, 0.25) is 0 Å². The number of hydrogen-bond acceptors (Lipinski definition) is 1. The lowest BCUT2D eigenvalue weighted by molar-refractivity contribution is 0.467. The summed E-state index contributed by atoms with van der Waals surface area (Å²) >= 11 is 0. The molecule has 17 heavy (non-hydrogen) atoms. The van der Waals surface area contributed by atoms with Gasteiger partial charge in [0.05, 0.1) is 0 Å². The molecular formula is C16H16O. The zero-order valence-electron chi connectivity index (χ0n) is 10.1. The molecule has 2 aromatic carbocycles. The molecule has 0 aliphatic carbocycles. The molecule has 86 valence electrons. The van der Waals surface area contributed by atoms with Crippen molar-refractivity contribution in [2.75, 3.05) is 0 Å². The Balaban J connectivity index is 2.28. The highest BCUT2D eigenvalue weighted by molar-refractivity contribution is 5.70. The first kappa shape index (κ1) is 11.5. The molecule has 0 aromatic heterocycles. The maximum absolute atomic E-state index is 9.69. The number of hydrogen-bond donors (Lipinski definition) is 1. The van der Waals surface area contributed by atoms with Gasteiger partial charge in [-0.3, -0.25) is 0 Å². The largest absolute Gasteiger partial charge is 0.507 e. The average molecular weight is 224 g/mol. The van der Waals surface area contributed by atoms with E-state index in [1.165, 1.54) is 5.56 Å². The number of phenols is 1. The standard InChI is InChI=1S/C16H16O/c1-12-10-15(11-13(2)16(12)17)9-8-14-6-4-3-5-7-14/h3-11,17H,1-2H3. The molecule has 0 aliphatic heterocycles. The molecule has 0 aliphatic rings. The number of aromatic hydroxyl groups is 1. The molecule has 0 atom stereocenters. The topological polar surface area (TPSA) is 20.2 Å². The van der Waals surface area contributed by atoms with Crippen molar-refractivity contribution in [1.82, 2.24) is 0 Å². The molecule has 0 heterocycles. The summed E-state index contributed by atoms with van der Waals surface area (Å²) in [6.07, 6.45) is 4.14. The third-order valence-corrected chi connectivity index (χ3v) is 2.78. The Morgan fingerprint density at radius 3 is 1.94 bits per heavy atom. The molecule has 2 aromatic rings. The monoisotopic (exact) mass is 224 g/mol. The minimum atomic E-state index is 0.391. The second-order valence-electron chi connectivity index (χ2n) is 4.25. The van der Waals surface area contributed by atoms with Gasteiger partial charge in [-0.25, -0.2) is 0 Å². The van der Waals surface area contributed by atoms with Gasteiger partial charge in [0, 0.05) is 0 Å². The Morgan fingerprint density at radius 2 is 1.35 bits per heavy atom. The third-order valence-electron chi connectivity index (χ3n) is 2.78. The van der Waals surface area contributed by atoms with Gasteiger partial charge in [-0.2, -0.15) is 0 Å². The second kappa shape index (κ2) is 4.88. The van der Waals surface area contributed by atoms with E-state index >= 15 is 0 Å². The van der Waals surface area contributed by atoms with E-state index in [1.807, 2.05) is 44.2 Å². The minimum Gasteiger partial charge on any atom is -0.507 e. The lowest BCUT2D eigenvalue weighted by Crippen LogP contribution is -1.83. The maximum Gasteiger partial charge on any atom is 0.121 e. The highest BCUT2D eigenvalue weighted by Crippen LogP contribution is 2.23. The summed E-state index contributed by atoms with van der Waals surface area (Å²) in [6.45, 7) is 3.84. The number of benzene rings is 2. The molecule has 0 saturated carbocycles. The molecule has 2 rings (SSSR count). The van der Waals surface area contributed by atoms with Crippen molar-refractivity contribution >= 4 is 12.2 Å². The van der Waals surface area contributed by atoms with Crippen LogP contribution in [0.5, 0.6) is 5.75 Å². The summed E-state index contributed by atoms with van der Waals surface area (Å²) in [5, 5.41) is 9.69. The first-order chi connectivity index (χ1) is 8.16. The molecule has 0 fully saturated rings. The van der Waals surface area contributed by atoms with Crippen LogP contribution in [0.3, 0.4) is 0 Å². The van der Waals surface area contributed by atoms with E-state index in [2.05, 4.69) is 24.3 Å². The van der Waals surface area contributed by atoms with Crippen molar-refractivity contribution < 1.29 is 5.11 Å². The van der Waals surface area contributed by atoms with Gasteiger partial charge in [-0.15, -0.1) is 0 Å². The fraction of sp³-hybridized carbons (Fsp3) is 0.125. The van der Waals surface area contributed by atoms with Crippen LogP contribution < -0.4 is 0 Å². The molecule has 0 amide bonds. The summed E-state index contributed by atoms with van der Waals surface area (Å²) < 4.78 is 0. The smallest absolute Gasteiger partial charge is 0.121 e. The van der Waals surface area contributed by atoms with Crippen LogP contribution >= 0.6 is 0 Å². The SMILES string of the molecule is Cc1cc(C=Cc2ccccc2)cc(C)c1O. The van der Waals surface area contributed by atoms with E-state index in [-0.39, 0.29) is 0 Å². The lowest BCUT2D eigenvalue weighted by Gasteiger charge is -2.04. The Hall–Kier alpha value is -2.02. The molecule has 0 radical (unpaired) electrons. The molecular weight excluding hydrogens is 208 g/mol. The van der Waals surface area contributed by atoms with E-state index in [4.69, 9.17) is 0 Å². The van der Waals surface area contributed by atoms with Gasteiger partial charge in [0.25, 0.3) is 0 Å². The first-order valence-corrected chi connectivity index (χ1v) is 5.70. The molecule has 1 heteroatoms. The van der Waals surface area contributed by atoms with E-state index in [9.17, 15) is 5.11 Å². The van der Waals surface area contributed by atoms with Crippen LogP contribution in [0.25, 0.3) is 12.2 Å². The Morgan fingerprint density at radius 1 is 0.824 bits per heavy atom. The fourth-order valence-corrected chi connectivity index (χ4v) is 1.84. The second-order valence-corrected chi connectivity index (χ2v) is 4.25. The van der Waals surface area contributed by atoms with Crippen molar-refractivity contribution in [3.05, 3.63) is 64.7 Å². The Bertz CT molecular complexity index is 516. The van der Waals surface area contributed by atoms with Crippen molar-refractivity contribution in [1.29, 1.82) is 0 Å². The predicted octanol–water partition coefficient (Wildman–Crippen LogP) is 4.18. The van der Waals surface area contributed by atoms with Crippen LogP contribution in [0.4, 0.5) is 0 Å². The van der Waals surface area contributed by atoms with Crippen molar-refractivity contribution in [3.8, 4) is 5.75 Å². The number of phenolic OH excluding ortho intramolecular Hbond substituents is 1. The van der Waals surface area contributed by atoms with Crippen LogP contribution in [0.15, 0.2) is 42.5 Å². The highest BCUT2D eigenvalue weighted by Gasteiger charge is 2.00. The minimum absolute atomic E-state index is 0.391. The predicted molar refractivity (Wildman–Crippen MR) is 73.0 cm³/mol. The molecule has 1 nitrogen and oxygen atoms in total. The van der Waals surface area contributed by atoms with Crippen molar-refractivity contribution in [3.63, 3.8) is 0 Å². The van der Waals surface area contributed by atoms with E-state index in [1.54, 1.807) is 0 Å². The van der Waals surface area contributed by atoms with Crippen LogP contribution in [-0.4, -0.2) is 5.11 Å². The van der Waals surface area contributed by atoms with Gasteiger partial charge < -0.3 is 5.11 Å². The summed E-state index contributed by atoms with van der Waals surface area (Å²) in [6, 6.07) is 14.2. The summed E-state index contributed by atoms with van der Waals surface area (Å²) in [5.74, 6) is 0.391. The Labute approximate surface area is 102 Å². The Kier molecular flexibility index (Phi) is 3.29. The first-order valence-electron chi connectivity index (χ1n) is 5.70. The molecule has 0 bridgehead atoms. The van der Waals surface area contributed by atoms with Crippen molar-refractivity contribution in [2.24, 2.45) is 0 Å². The van der Waals surface area contributed by atoms with Gasteiger partial charge in [0.1, 0.15) is 5.75 Å². The third kappa shape index (κ3) is 2.76. The molecule has 0 spiro atoms. The summed E-state index contributed by atoms with van der Waals surface area (Å²) in [4.78, 5) is 0. The van der Waals surface area contributed by atoms with Crippen LogP contribution in [0.1, 0.15) is 22.3 Å². The molecule has 0 unspecified atom stereocenters. The highest BCUT2D eigenvalue weighted by atomic mass is 16.3. The van der Waals surface area contributed by atoms with Gasteiger partial charge in [-0.1, -0.05) is 42.5 Å². The number of aryl methyl sites for hydroxylation is 2. The summed E-state index contributed by atoms with van der Waals surface area (Å²) in [5.41, 5.74) is 4.12. The van der Waals surface area contributed by atoms with Gasteiger partial charge >= 0.3 is 0 Å². The fourth-order valence-electron chi connectivity index (χ4n) is 1.84. The zero-order valence-corrected chi connectivity index (χ0v) is 10.1. The van der Waals surface area contributed by atoms with Crippen molar-refractivity contribution in [2.45, 2.75) is 13.8 Å². The zero-order chi connectivity index (χ0) is 12.3. The quantitative estimate of drug-likeness (QED) is 0.759. The van der Waals surface area contributed by atoms with Gasteiger partial charge in [0.15, 0.2) is 0 Å². The number of rotatable bonds is 2. The van der Waals surface area contributed by atoms with Crippen LogP contribution in [-0.2, 0) is 0 Å². The lowest BCUT2D eigenvalue weighted by atomic mass is 10.0. The maximum atomic E-state index is 9.69. The van der Waals surface area contributed by atoms with E-state index < -0.39 is 0 Å². The average Bonchev–Trinajstić information content (AvgIpc) is 2.34. The van der Waals surface area contributed by atoms with E-state index in [0.29, 0.717) is 5.75 Å².